The minimum absolute atomic E-state index is 0.0137. The van der Waals surface area contributed by atoms with Crippen LogP contribution in [-0.4, -0.2) is 50.4 Å². The highest BCUT2D eigenvalue weighted by Gasteiger charge is 2.35. The van der Waals surface area contributed by atoms with Gasteiger partial charge in [0.15, 0.2) is 0 Å². The van der Waals surface area contributed by atoms with Crippen molar-refractivity contribution < 1.29 is 22.7 Å². The Hall–Kier alpha value is -4.05. The molecule has 0 aliphatic carbocycles. The third-order valence-electron chi connectivity index (χ3n) is 7.67. The molecule has 47 heavy (non-hydrogen) atoms. The van der Waals surface area contributed by atoms with Crippen molar-refractivity contribution in [1.29, 1.82) is 0 Å². The number of hydrogen-bond donors (Lipinski definition) is 1. The van der Waals surface area contributed by atoms with Crippen LogP contribution in [0.3, 0.4) is 0 Å². The molecule has 248 valence electrons. The lowest BCUT2D eigenvalue weighted by Gasteiger charge is -2.34. The van der Waals surface area contributed by atoms with E-state index in [1.54, 1.807) is 60.7 Å². The molecule has 4 aromatic rings. The molecule has 0 spiro atoms. The summed E-state index contributed by atoms with van der Waals surface area (Å²) in [7, 11) is -4.24. The first-order valence-corrected chi connectivity index (χ1v) is 17.6. The van der Waals surface area contributed by atoms with E-state index < -0.39 is 28.5 Å². The quantitative estimate of drug-likeness (QED) is 0.143. The van der Waals surface area contributed by atoms with Crippen LogP contribution in [-0.2, 0) is 32.6 Å². The van der Waals surface area contributed by atoms with Gasteiger partial charge in [-0.15, -0.1) is 0 Å². The SMILES string of the molecule is CCOc1ccc(S(=O)(=O)N(CC(=O)N(Cc2ccc(Cl)cc2Cl)[C@@H](Cc2ccccc2)C(=O)N[C@H](C)CC)c2ccccc2)cc1. The zero-order valence-corrected chi connectivity index (χ0v) is 28.9. The second kappa shape index (κ2) is 16.7. The fourth-order valence-electron chi connectivity index (χ4n) is 4.95. The Bertz CT molecular complexity index is 1740. The van der Waals surface area contributed by atoms with Crippen LogP contribution in [0.1, 0.15) is 38.3 Å². The smallest absolute Gasteiger partial charge is 0.264 e. The van der Waals surface area contributed by atoms with E-state index in [9.17, 15) is 18.0 Å². The number of hydrogen-bond acceptors (Lipinski definition) is 5. The first-order valence-electron chi connectivity index (χ1n) is 15.4. The summed E-state index contributed by atoms with van der Waals surface area (Å²) in [6, 6.07) is 27.6. The normalized spacial score (nSPS) is 12.5. The number of carbonyl (C=O) groups excluding carboxylic acids is 2. The van der Waals surface area contributed by atoms with Crippen LogP contribution in [0, 0.1) is 0 Å². The van der Waals surface area contributed by atoms with Crippen molar-refractivity contribution in [2.75, 3.05) is 17.5 Å². The number of halogens is 2. The summed E-state index contributed by atoms with van der Waals surface area (Å²) in [5, 5.41) is 3.76. The maximum atomic E-state index is 14.6. The molecule has 0 bridgehead atoms. The van der Waals surface area contributed by atoms with E-state index in [-0.39, 0.29) is 29.8 Å². The Labute approximate surface area is 287 Å². The molecule has 0 aliphatic rings. The van der Waals surface area contributed by atoms with Gasteiger partial charge in [-0.1, -0.05) is 84.7 Å². The van der Waals surface area contributed by atoms with E-state index >= 15 is 0 Å². The average Bonchev–Trinajstić information content (AvgIpc) is 3.07. The van der Waals surface area contributed by atoms with E-state index in [4.69, 9.17) is 27.9 Å². The predicted molar refractivity (Wildman–Crippen MR) is 187 cm³/mol. The molecular formula is C36H39Cl2N3O5S. The number of nitrogens with zero attached hydrogens (tertiary/aromatic N) is 2. The van der Waals surface area contributed by atoms with Crippen molar-refractivity contribution in [3.63, 3.8) is 0 Å². The van der Waals surface area contributed by atoms with Gasteiger partial charge in [0.25, 0.3) is 10.0 Å². The molecule has 0 aromatic heterocycles. The fraction of sp³-hybridized carbons (Fsp3) is 0.278. The van der Waals surface area contributed by atoms with Gasteiger partial charge in [0.05, 0.1) is 17.2 Å². The van der Waals surface area contributed by atoms with Crippen molar-refractivity contribution in [2.45, 2.75) is 57.1 Å². The van der Waals surface area contributed by atoms with Crippen molar-refractivity contribution >= 4 is 50.7 Å². The first-order chi connectivity index (χ1) is 22.5. The van der Waals surface area contributed by atoms with E-state index in [2.05, 4.69) is 5.32 Å². The Morgan fingerprint density at radius 2 is 1.51 bits per heavy atom. The van der Waals surface area contributed by atoms with E-state index in [0.29, 0.717) is 40.1 Å². The molecule has 11 heteroatoms. The molecular weight excluding hydrogens is 657 g/mol. The highest BCUT2D eigenvalue weighted by molar-refractivity contribution is 7.92. The topological polar surface area (TPSA) is 96.0 Å². The van der Waals surface area contributed by atoms with Gasteiger partial charge in [-0.2, -0.15) is 0 Å². The molecule has 0 saturated carbocycles. The Morgan fingerprint density at radius 3 is 2.11 bits per heavy atom. The summed E-state index contributed by atoms with van der Waals surface area (Å²) in [6.45, 7) is 5.47. The number of amides is 2. The van der Waals surface area contributed by atoms with Gasteiger partial charge in [0, 0.05) is 29.1 Å². The van der Waals surface area contributed by atoms with E-state index in [1.807, 2.05) is 51.1 Å². The van der Waals surface area contributed by atoms with E-state index in [0.717, 1.165) is 9.87 Å². The number of nitrogens with one attached hydrogen (secondary N) is 1. The zero-order chi connectivity index (χ0) is 34.0. The molecule has 8 nitrogen and oxygen atoms in total. The van der Waals surface area contributed by atoms with Crippen molar-refractivity contribution in [1.82, 2.24) is 10.2 Å². The minimum atomic E-state index is -4.24. The lowest BCUT2D eigenvalue weighted by Crippen LogP contribution is -2.54. The van der Waals surface area contributed by atoms with E-state index in [1.165, 1.54) is 17.0 Å². The van der Waals surface area contributed by atoms with Crippen LogP contribution < -0.4 is 14.4 Å². The fourth-order valence-corrected chi connectivity index (χ4v) is 6.84. The van der Waals surface area contributed by atoms with Gasteiger partial charge in [-0.05, 0) is 79.9 Å². The van der Waals surface area contributed by atoms with Crippen LogP contribution in [0.4, 0.5) is 5.69 Å². The van der Waals surface area contributed by atoms with Crippen molar-refractivity contribution in [3.05, 3.63) is 124 Å². The maximum Gasteiger partial charge on any atom is 0.264 e. The second-order valence-corrected chi connectivity index (χ2v) is 13.7. The van der Waals surface area contributed by atoms with Gasteiger partial charge in [-0.3, -0.25) is 13.9 Å². The number of anilines is 1. The molecule has 4 aromatic carbocycles. The lowest BCUT2D eigenvalue weighted by molar-refractivity contribution is -0.140. The van der Waals surface area contributed by atoms with Crippen molar-refractivity contribution in [2.24, 2.45) is 0 Å². The van der Waals surface area contributed by atoms with Crippen LogP contribution in [0.15, 0.2) is 108 Å². The highest BCUT2D eigenvalue weighted by atomic mass is 35.5. The Morgan fingerprint density at radius 1 is 0.872 bits per heavy atom. The van der Waals surface area contributed by atoms with Gasteiger partial charge in [0.1, 0.15) is 18.3 Å². The molecule has 4 rings (SSSR count). The van der Waals surface area contributed by atoms with Gasteiger partial charge in [0.2, 0.25) is 11.8 Å². The summed E-state index contributed by atoms with van der Waals surface area (Å²) in [6.07, 6.45) is 0.875. The predicted octanol–water partition coefficient (Wildman–Crippen LogP) is 7.14. The third-order valence-corrected chi connectivity index (χ3v) is 10.0. The summed E-state index contributed by atoms with van der Waals surface area (Å²) < 4.78 is 34.9. The van der Waals surface area contributed by atoms with Crippen LogP contribution in [0.2, 0.25) is 10.0 Å². The molecule has 1 N–H and O–H groups in total. The van der Waals surface area contributed by atoms with Gasteiger partial charge >= 0.3 is 0 Å². The number of para-hydroxylation sites is 1. The molecule has 0 fully saturated rings. The highest BCUT2D eigenvalue weighted by Crippen LogP contribution is 2.28. The largest absolute Gasteiger partial charge is 0.494 e. The summed E-state index contributed by atoms with van der Waals surface area (Å²) in [4.78, 5) is 29.9. The third kappa shape index (κ3) is 9.50. The van der Waals surface area contributed by atoms with Gasteiger partial charge < -0.3 is 15.0 Å². The number of carbonyl (C=O) groups is 2. The lowest BCUT2D eigenvalue weighted by atomic mass is 10.0. The molecule has 0 unspecified atom stereocenters. The molecule has 0 radical (unpaired) electrons. The standard InChI is InChI=1S/C36H39Cl2N3O5S/c1-4-26(3)39-36(43)34(22-27-12-8-6-9-13-27)40(24-28-16-17-29(37)23-33(28)38)35(42)25-41(30-14-10-7-11-15-30)47(44,45)32-20-18-31(19-21-32)46-5-2/h6-21,23,26,34H,4-5,22,24-25H2,1-3H3,(H,39,43)/t26-,34+/m1/s1. The summed E-state index contributed by atoms with van der Waals surface area (Å²) in [5.41, 5.74) is 1.68. The van der Waals surface area contributed by atoms with Crippen LogP contribution in [0.25, 0.3) is 0 Å². The molecule has 0 saturated heterocycles. The Balaban J connectivity index is 1.80. The minimum Gasteiger partial charge on any atom is -0.494 e. The molecule has 0 aliphatic heterocycles. The molecule has 2 atom stereocenters. The first kappa shape index (κ1) is 35.8. The number of benzene rings is 4. The molecule has 2 amide bonds. The number of ether oxygens (including phenoxy) is 1. The van der Waals surface area contributed by atoms with Crippen LogP contribution in [0.5, 0.6) is 5.75 Å². The van der Waals surface area contributed by atoms with Crippen LogP contribution >= 0.6 is 23.2 Å². The monoisotopic (exact) mass is 695 g/mol. The Kier molecular flexibility index (Phi) is 12.7. The second-order valence-electron chi connectivity index (χ2n) is 11.0. The van der Waals surface area contributed by atoms with Crippen molar-refractivity contribution in [3.8, 4) is 5.75 Å². The summed E-state index contributed by atoms with van der Waals surface area (Å²) in [5.74, 6) is -0.423. The molecule has 0 heterocycles. The average molecular weight is 697 g/mol. The maximum absolute atomic E-state index is 14.6. The van der Waals surface area contributed by atoms with Gasteiger partial charge in [-0.25, -0.2) is 8.42 Å². The summed E-state index contributed by atoms with van der Waals surface area (Å²) >= 11 is 12.8. The number of rotatable bonds is 15. The number of sulfonamides is 1. The zero-order valence-electron chi connectivity index (χ0n) is 26.6.